The highest BCUT2D eigenvalue weighted by Gasteiger charge is 2.66. The molecule has 1 fully saturated rings. The van der Waals surface area contributed by atoms with Crippen LogP contribution in [0.1, 0.15) is 16.7 Å². The number of aliphatic hydroxyl groups excluding tert-OH is 1. The van der Waals surface area contributed by atoms with Crippen LogP contribution in [0, 0.1) is 12.7 Å². The summed E-state index contributed by atoms with van der Waals surface area (Å²) in [7, 11) is 1.44. The van der Waals surface area contributed by atoms with E-state index in [1.807, 2.05) is 0 Å². The van der Waals surface area contributed by atoms with Crippen LogP contribution < -0.4 is 4.90 Å². The molecule has 0 bridgehead atoms. The highest BCUT2D eigenvalue weighted by atomic mass is 19.1. The molecule has 2 amide bonds. The third kappa shape index (κ3) is 3.09. The summed E-state index contributed by atoms with van der Waals surface area (Å²) < 4.78 is 19.4. The molecule has 1 N–H and O–H groups in total. The number of hydrogen-bond acceptors (Lipinski definition) is 5. The summed E-state index contributed by atoms with van der Waals surface area (Å²) in [5, 5.41) is 11.2. The van der Waals surface area contributed by atoms with Crippen molar-refractivity contribution in [1.29, 1.82) is 0 Å². The van der Waals surface area contributed by atoms with Gasteiger partial charge in [-0.15, -0.1) is 6.58 Å². The zero-order valence-electron chi connectivity index (χ0n) is 18.3. The van der Waals surface area contributed by atoms with E-state index in [0.717, 1.165) is 11.0 Å². The molecule has 8 heteroatoms. The highest BCUT2D eigenvalue weighted by Crippen LogP contribution is 2.53. The fraction of sp³-hybridized carbons (Fsp3) is 0.240. The van der Waals surface area contributed by atoms with Crippen LogP contribution in [0.25, 0.3) is 5.76 Å². The fourth-order valence-corrected chi connectivity index (χ4v) is 4.54. The Hall–Kier alpha value is -3.78. The molecule has 2 heterocycles. The van der Waals surface area contributed by atoms with Crippen LogP contribution in [-0.2, 0) is 24.7 Å². The lowest BCUT2D eigenvalue weighted by molar-refractivity contribution is -0.144. The summed E-state index contributed by atoms with van der Waals surface area (Å²) in [5.41, 5.74) is -1.08. The zero-order chi connectivity index (χ0) is 23.9. The van der Waals surface area contributed by atoms with Gasteiger partial charge < -0.3 is 19.6 Å². The number of para-hydroxylation sites is 1. The Kier molecular flexibility index (Phi) is 5.63. The molecule has 1 unspecified atom stereocenters. The number of rotatable bonds is 6. The van der Waals surface area contributed by atoms with E-state index < -0.39 is 40.3 Å². The molecule has 2 aliphatic heterocycles. The van der Waals surface area contributed by atoms with Crippen molar-refractivity contribution in [3.63, 3.8) is 0 Å². The number of halogens is 1. The normalized spacial score (nSPS) is 21.2. The van der Waals surface area contributed by atoms with E-state index in [-0.39, 0.29) is 25.3 Å². The van der Waals surface area contributed by atoms with Crippen molar-refractivity contribution in [3.05, 3.63) is 83.2 Å². The van der Waals surface area contributed by atoms with Gasteiger partial charge in [-0.1, -0.05) is 36.4 Å². The number of amides is 2. The number of carbonyl (C=O) groups is 3. The smallest absolute Gasteiger partial charge is 0.296 e. The van der Waals surface area contributed by atoms with Gasteiger partial charge in [0.2, 0.25) is 0 Å². The highest BCUT2D eigenvalue weighted by molar-refractivity contribution is 6.50. The molecular weight excluding hydrogens is 427 g/mol. The van der Waals surface area contributed by atoms with E-state index >= 15 is 0 Å². The Bertz CT molecular complexity index is 1220. The second-order valence-electron chi connectivity index (χ2n) is 7.90. The molecule has 7 nitrogen and oxygen atoms in total. The van der Waals surface area contributed by atoms with Crippen LogP contribution in [0.15, 0.2) is 60.7 Å². The number of anilines is 1. The van der Waals surface area contributed by atoms with Crippen LogP contribution in [0.4, 0.5) is 10.1 Å². The van der Waals surface area contributed by atoms with Gasteiger partial charge >= 0.3 is 0 Å². The second-order valence-corrected chi connectivity index (χ2v) is 7.90. The first kappa shape index (κ1) is 22.4. The van der Waals surface area contributed by atoms with Crippen molar-refractivity contribution in [1.82, 2.24) is 4.90 Å². The molecule has 0 aliphatic carbocycles. The molecule has 170 valence electrons. The Morgan fingerprint density at radius 2 is 1.94 bits per heavy atom. The number of Topliss-reactive ketones (excluding diaryl/α,β-unsaturated/α-hetero) is 1. The maximum atomic E-state index is 14.3. The minimum absolute atomic E-state index is 0.00494. The SMILES string of the molecule is C=CCN1C(=O)C2(/C(=C(\O)c3ccc(C)c(F)c3)C(=O)C(=O)N2CCOC)c2ccccc21. The average molecular weight is 450 g/mol. The summed E-state index contributed by atoms with van der Waals surface area (Å²) in [6.07, 6.45) is 1.53. The molecule has 2 aliphatic rings. The maximum Gasteiger partial charge on any atom is 0.296 e. The largest absolute Gasteiger partial charge is 0.507 e. The summed E-state index contributed by atoms with van der Waals surface area (Å²) >= 11 is 0. The third-order valence-electron chi connectivity index (χ3n) is 6.09. The van der Waals surface area contributed by atoms with Crippen LogP contribution in [0.5, 0.6) is 0 Å². The molecule has 1 spiro atoms. The minimum atomic E-state index is -1.91. The number of methoxy groups -OCH3 is 1. The van der Waals surface area contributed by atoms with Gasteiger partial charge in [0.15, 0.2) is 5.54 Å². The lowest BCUT2D eigenvalue weighted by Gasteiger charge is -2.34. The summed E-state index contributed by atoms with van der Waals surface area (Å²) in [6.45, 7) is 5.38. The van der Waals surface area contributed by atoms with E-state index in [4.69, 9.17) is 4.74 Å². The number of benzene rings is 2. The van der Waals surface area contributed by atoms with Gasteiger partial charge in [-0.3, -0.25) is 14.4 Å². The van der Waals surface area contributed by atoms with E-state index in [0.29, 0.717) is 16.8 Å². The molecule has 0 saturated carbocycles. The van der Waals surface area contributed by atoms with Crippen molar-refractivity contribution >= 4 is 29.0 Å². The van der Waals surface area contributed by atoms with Gasteiger partial charge in [-0.05, 0) is 24.6 Å². The number of nitrogens with zero attached hydrogens (tertiary/aromatic N) is 2. The van der Waals surface area contributed by atoms with Gasteiger partial charge in [-0.2, -0.15) is 0 Å². The number of hydrogen-bond donors (Lipinski definition) is 1. The Labute approximate surface area is 190 Å². The van der Waals surface area contributed by atoms with E-state index in [2.05, 4.69) is 6.58 Å². The number of ketones is 1. The quantitative estimate of drug-likeness (QED) is 0.317. The Balaban J connectivity index is 2.07. The number of carbonyl (C=O) groups excluding carboxylic acids is 3. The molecule has 1 saturated heterocycles. The van der Waals surface area contributed by atoms with Crippen LogP contribution >= 0.6 is 0 Å². The minimum Gasteiger partial charge on any atom is -0.507 e. The van der Waals surface area contributed by atoms with Crippen molar-refractivity contribution in [2.24, 2.45) is 0 Å². The average Bonchev–Trinajstić information content (AvgIpc) is 3.18. The first-order chi connectivity index (χ1) is 15.8. The fourth-order valence-electron chi connectivity index (χ4n) is 4.54. The first-order valence-electron chi connectivity index (χ1n) is 10.4. The predicted molar refractivity (Wildman–Crippen MR) is 120 cm³/mol. The van der Waals surface area contributed by atoms with Crippen molar-refractivity contribution in [2.75, 3.05) is 31.7 Å². The maximum absolute atomic E-state index is 14.3. The molecule has 4 rings (SSSR count). The lowest BCUT2D eigenvalue weighted by atomic mass is 9.82. The molecule has 2 aromatic rings. The van der Waals surface area contributed by atoms with E-state index in [1.54, 1.807) is 31.2 Å². The molecule has 33 heavy (non-hydrogen) atoms. The second kappa shape index (κ2) is 8.29. The Morgan fingerprint density at radius 3 is 2.61 bits per heavy atom. The lowest BCUT2D eigenvalue weighted by Crippen LogP contribution is -2.52. The summed E-state index contributed by atoms with van der Waals surface area (Å²) in [6, 6.07) is 10.7. The standard InChI is InChI=1S/C25H23FN2O5/c1-4-11-27-19-8-6-5-7-17(19)25(24(27)32)20(22(30)23(31)28(25)12-13-33-3)21(29)16-10-9-15(2)18(26)14-16/h4-10,14,29H,1,11-13H2,2-3H3/b21-20-. The van der Waals surface area contributed by atoms with Gasteiger partial charge in [0, 0.05) is 31.3 Å². The monoisotopic (exact) mass is 450 g/mol. The number of fused-ring (bicyclic) bond motifs is 2. The van der Waals surface area contributed by atoms with Gasteiger partial charge in [0.05, 0.1) is 17.9 Å². The summed E-state index contributed by atoms with van der Waals surface area (Å²) in [4.78, 5) is 43.0. The van der Waals surface area contributed by atoms with E-state index in [9.17, 15) is 23.9 Å². The van der Waals surface area contributed by atoms with Crippen LogP contribution in [0.3, 0.4) is 0 Å². The molecule has 2 aromatic carbocycles. The Morgan fingerprint density at radius 1 is 1.21 bits per heavy atom. The van der Waals surface area contributed by atoms with Crippen molar-refractivity contribution < 1.29 is 28.6 Å². The number of aliphatic hydroxyl groups is 1. The van der Waals surface area contributed by atoms with Gasteiger partial charge in [0.25, 0.3) is 17.6 Å². The number of aryl methyl sites for hydroxylation is 1. The van der Waals surface area contributed by atoms with Crippen LogP contribution in [0.2, 0.25) is 0 Å². The predicted octanol–water partition coefficient (Wildman–Crippen LogP) is 2.89. The number of ether oxygens (including phenoxy) is 1. The van der Waals surface area contributed by atoms with Crippen molar-refractivity contribution in [3.8, 4) is 0 Å². The molecule has 0 aromatic heterocycles. The first-order valence-corrected chi connectivity index (χ1v) is 10.4. The number of likely N-dealkylation sites (tertiary alicyclic amines) is 1. The third-order valence-corrected chi connectivity index (χ3v) is 6.09. The van der Waals surface area contributed by atoms with E-state index in [1.165, 1.54) is 30.2 Å². The topological polar surface area (TPSA) is 87.2 Å². The molecule has 1 atom stereocenters. The van der Waals surface area contributed by atoms with Crippen LogP contribution in [-0.4, -0.2) is 54.4 Å². The van der Waals surface area contributed by atoms with Crippen molar-refractivity contribution in [2.45, 2.75) is 12.5 Å². The molecule has 0 radical (unpaired) electrons. The van der Waals surface area contributed by atoms with Gasteiger partial charge in [0.1, 0.15) is 11.6 Å². The molecular formula is C25H23FN2O5. The summed E-state index contributed by atoms with van der Waals surface area (Å²) in [5.74, 6) is -3.74. The zero-order valence-corrected chi connectivity index (χ0v) is 18.3. The van der Waals surface area contributed by atoms with Gasteiger partial charge in [-0.25, -0.2) is 4.39 Å².